The molecular formula is C16H31N3O5Si. The van der Waals surface area contributed by atoms with Crippen LogP contribution in [0.1, 0.15) is 41.5 Å². The normalized spacial score (nSPS) is 30.7. The van der Waals surface area contributed by atoms with Crippen LogP contribution in [0, 0.1) is 5.92 Å². The van der Waals surface area contributed by atoms with Gasteiger partial charge in [-0.05, 0) is 36.5 Å². The maximum atomic E-state index is 11.4. The van der Waals surface area contributed by atoms with Crippen molar-refractivity contribution in [2.75, 3.05) is 0 Å². The number of azide groups is 1. The molecule has 1 rings (SSSR count). The van der Waals surface area contributed by atoms with E-state index in [0.29, 0.717) is 5.92 Å². The van der Waals surface area contributed by atoms with Crippen LogP contribution in [-0.2, 0) is 18.7 Å². The monoisotopic (exact) mass is 373 g/mol. The summed E-state index contributed by atoms with van der Waals surface area (Å²) in [6.45, 7) is 15.7. The van der Waals surface area contributed by atoms with E-state index >= 15 is 0 Å². The molecule has 0 radical (unpaired) electrons. The Kier molecular flexibility index (Phi) is 7.06. The zero-order valence-electron chi connectivity index (χ0n) is 16.4. The standard InChI is InChI=1S/C16H31N3O5Si/c1-9(2)16(5,6)25(7,8)24-15-12(18-19-17)14(23-11(4)20)13(21)10(3)22-15/h9-10,12-15,21H,1-8H3/t10-,12-,13+,14-,15-/m0/s1. The summed E-state index contributed by atoms with van der Waals surface area (Å²) >= 11 is 0. The van der Waals surface area contributed by atoms with Crippen LogP contribution >= 0.6 is 0 Å². The molecule has 8 nitrogen and oxygen atoms in total. The molecule has 1 heterocycles. The summed E-state index contributed by atoms with van der Waals surface area (Å²) in [5.74, 6) is -0.183. The Bertz CT molecular complexity index is 534. The van der Waals surface area contributed by atoms with Crippen LogP contribution in [0.15, 0.2) is 5.11 Å². The number of hydrogen-bond acceptors (Lipinski definition) is 6. The molecule has 1 N–H and O–H groups in total. The minimum absolute atomic E-state index is 0.0759. The fourth-order valence-electron chi connectivity index (χ4n) is 2.74. The second-order valence-corrected chi connectivity index (χ2v) is 12.5. The average Bonchev–Trinajstić information content (AvgIpc) is 2.47. The SMILES string of the molecule is CC(=O)O[C@@H]1[C@H](O)[C@H](C)O[C@@H](O[Si](C)(C)C(C)(C)C(C)C)[C@H]1N=[N+]=[N-]. The van der Waals surface area contributed by atoms with Crippen LogP contribution in [0.2, 0.25) is 18.1 Å². The fraction of sp³-hybridized carbons (Fsp3) is 0.938. The van der Waals surface area contributed by atoms with Gasteiger partial charge in [0.05, 0.1) is 6.10 Å². The number of carbonyl (C=O) groups is 1. The number of aliphatic hydroxyl groups excluding tert-OH is 1. The van der Waals surface area contributed by atoms with Crippen molar-refractivity contribution in [2.45, 2.75) is 90.3 Å². The van der Waals surface area contributed by atoms with Gasteiger partial charge >= 0.3 is 5.97 Å². The molecule has 1 fully saturated rings. The Morgan fingerprint density at radius 2 is 1.96 bits per heavy atom. The Morgan fingerprint density at radius 3 is 2.40 bits per heavy atom. The summed E-state index contributed by atoms with van der Waals surface area (Å²) in [5, 5.41) is 14.0. The summed E-state index contributed by atoms with van der Waals surface area (Å²) in [6, 6.07) is -0.949. The van der Waals surface area contributed by atoms with E-state index < -0.39 is 44.9 Å². The molecule has 0 unspecified atom stereocenters. The van der Waals surface area contributed by atoms with Gasteiger partial charge in [-0.1, -0.05) is 32.8 Å². The summed E-state index contributed by atoms with van der Waals surface area (Å²) in [4.78, 5) is 14.2. The zero-order valence-corrected chi connectivity index (χ0v) is 17.4. The van der Waals surface area contributed by atoms with Crippen molar-refractivity contribution in [2.24, 2.45) is 11.0 Å². The Morgan fingerprint density at radius 1 is 1.40 bits per heavy atom. The maximum absolute atomic E-state index is 11.4. The van der Waals surface area contributed by atoms with Crippen LogP contribution in [0.3, 0.4) is 0 Å². The average molecular weight is 374 g/mol. The number of hydrogen-bond donors (Lipinski definition) is 1. The Labute approximate surface area is 150 Å². The minimum Gasteiger partial charge on any atom is -0.459 e. The number of aliphatic hydroxyl groups is 1. The number of carbonyl (C=O) groups excluding carboxylic acids is 1. The maximum Gasteiger partial charge on any atom is 0.303 e. The smallest absolute Gasteiger partial charge is 0.303 e. The quantitative estimate of drug-likeness (QED) is 0.252. The van der Waals surface area contributed by atoms with Gasteiger partial charge in [0.15, 0.2) is 14.6 Å². The first-order valence-electron chi connectivity index (χ1n) is 8.58. The number of esters is 1. The van der Waals surface area contributed by atoms with E-state index in [4.69, 9.17) is 19.4 Å². The lowest BCUT2D eigenvalue weighted by Crippen LogP contribution is -2.61. The molecular weight excluding hydrogens is 342 g/mol. The van der Waals surface area contributed by atoms with Crippen molar-refractivity contribution in [3.63, 3.8) is 0 Å². The van der Waals surface area contributed by atoms with Gasteiger partial charge in [0, 0.05) is 11.8 Å². The van der Waals surface area contributed by atoms with Crippen LogP contribution in [0.25, 0.3) is 10.4 Å². The van der Waals surface area contributed by atoms with Gasteiger partial charge in [0.25, 0.3) is 0 Å². The van der Waals surface area contributed by atoms with Crippen molar-refractivity contribution < 1.29 is 23.8 Å². The van der Waals surface area contributed by atoms with Gasteiger partial charge in [-0.3, -0.25) is 4.79 Å². The summed E-state index contributed by atoms with van der Waals surface area (Å²) in [5.41, 5.74) is 8.92. The molecule has 5 atom stereocenters. The van der Waals surface area contributed by atoms with Crippen molar-refractivity contribution in [1.82, 2.24) is 0 Å². The number of ether oxygens (including phenoxy) is 2. The highest BCUT2D eigenvalue weighted by Gasteiger charge is 2.51. The van der Waals surface area contributed by atoms with Crippen molar-refractivity contribution in [1.29, 1.82) is 0 Å². The van der Waals surface area contributed by atoms with Gasteiger partial charge in [0.2, 0.25) is 0 Å². The van der Waals surface area contributed by atoms with Crippen LogP contribution < -0.4 is 0 Å². The largest absolute Gasteiger partial charge is 0.459 e. The molecule has 144 valence electrons. The lowest BCUT2D eigenvalue weighted by Gasteiger charge is -2.48. The third-order valence-electron chi connectivity index (χ3n) is 5.67. The second-order valence-electron chi connectivity index (χ2n) is 7.97. The van der Waals surface area contributed by atoms with Gasteiger partial charge < -0.3 is 19.0 Å². The van der Waals surface area contributed by atoms with Crippen LogP contribution in [-0.4, -0.2) is 50.0 Å². The first-order chi connectivity index (χ1) is 11.3. The molecule has 0 aliphatic carbocycles. The lowest BCUT2D eigenvalue weighted by atomic mass is 9.98. The predicted octanol–water partition coefficient (Wildman–Crippen LogP) is 3.36. The zero-order chi connectivity index (χ0) is 19.6. The molecule has 0 aromatic carbocycles. The third-order valence-corrected chi connectivity index (χ3v) is 10.2. The molecule has 0 bridgehead atoms. The van der Waals surface area contributed by atoms with E-state index in [9.17, 15) is 9.90 Å². The van der Waals surface area contributed by atoms with E-state index in [-0.39, 0.29) is 5.04 Å². The first kappa shape index (κ1) is 21.9. The topological polar surface area (TPSA) is 114 Å². The van der Waals surface area contributed by atoms with E-state index in [1.54, 1.807) is 6.92 Å². The molecule has 1 aliphatic rings. The molecule has 1 aliphatic heterocycles. The third kappa shape index (κ3) is 4.74. The van der Waals surface area contributed by atoms with E-state index in [1.165, 1.54) is 6.92 Å². The predicted molar refractivity (Wildman–Crippen MR) is 96.3 cm³/mol. The van der Waals surface area contributed by atoms with E-state index in [1.807, 2.05) is 0 Å². The van der Waals surface area contributed by atoms with Crippen molar-refractivity contribution >= 4 is 14.3 Å². The lowest BCUT2D eigenvalue weighted by molar-refractivity contribution is -0.237. The highest BCUT2D eigenvalue weighted by Crippen LogP contribution is 2.46. The highest BCUT2D eigenvalue weighted by molar-refractivity contribution is 6.74. The summed E-state index contributed by atoms with van der Waals surface area (Å²) < 4.78 is 17.4. The molecule has 9 heteroatoms. The number of nitrogens with zero attached hydrogens (tertiary/aromatic N) is 3. The Balaban J connectivity index is 3.18. The molecule has 25 heavy (non-hydrogen) atoms. The molecule has 0 amide bonds. The van der Waals surface area contributed by atoms with E-state index in [2.05, 4.69) is 50.8 Å². The van der Waals surface area contributed by atoms with Crippen molar-refractivity contribution in [3.05, 3.63) is 10.4 Å². The van der Waals surface area contributed by atoms with Gasteiger partial charge in [-0.15, -0.1) is 0 Å². The molecule has 0 saturated carbocycles. The summed E-state index contributed by atoms with van der Waals surface area (Å²) in [6.07, 6.45) is -3.60. The van der Waals surface area contributed by atoms with Crippen LogP contribution in [0.4, 0.5) is 0 Å². The van der Waals surface area contributed by atoms with Crippen molar-refractivity contribution in [3.8, 4) is 0 Å². The van der Waals surface area contributed by atoms with E-state index in [0.717, 1.165) is 0 Å². The minimum atomic E-state index is -2.30. The molecule has 0 spiro atoms. The second kappa shape index (κ2) is 8.05. The fourth-order valence-corrected chi connectivity index (χ4v) is 5.21. The van der Waals surface area contributed by atoms with Gasteiger partial charge in [-0.25, -0.2) is 0 Å². The van der Waals surface area contributed by atoms with Gasteiger partial charge in [-0.2, -0.15) is 0 Å². The highest BCUT2D eigenvalue weighted by atomic mass is 28.4. The first-order valence-corrected chi connectivity index (χ1v) is 11.5. The van der Waals surface area contributed by atoms with Gasteiger partial charge in [0.1, 0.15) is 18.2 Å². The summed E-state index contributed by atoms with van der Waals surface area (Å²) in [7, 11) is -2.30. The molecule has 1 saturated heterocycles. The molecule has 0 aromatic heterocycles. The van der Waals surface area contributed by atoms with Crippen LogP contribution in [0.5, 0.6) is 0 Å². The molecule has 0 aromatic rings. The number of rotatable bonds is 6. The Hall–Kier alpha value is -1.12.